The Morgan fingerprint density at radius 2 is 2.20 bits per heavy atom. The van der Waals surface area contributed by atoms with E-state index in [0.717, 1.165) is 4.90 Å². The van der Waals surface area contributed by atoms with Crippen LogP contribution in [0.1, 0.15) is 6.42 Å². The third-order valence-corrected chi connectivity index (χ3v) is 3.00. The number of carbonyl (C=O) groups is 3. The zero-order valence-corrected chi connectivity index (χ0v) is 10.9. The summed E-state index contributed by atoms with van der Waals surface area (Å²) in [5.74, 6) is -1.49. The molecule has 0 bridgehead atoms. The van der Waals surface area contributed by atoms with Gasteiger partial charge in [0.25, 0.3) is 0 Å². The van der Waals surface area contributed by atoms with Gasteiger partial charge in [0, 0.05) is 12.7 Å². The third-order valence-electron chi connectivity index (χ3n) is 3.00. The number of nitrogens with one attached hydrogen (secondary N) is 2. The fourth-order valence-corrected chi connectivity index (χ4v) is 1.90. The first-order chi connectivity index (χ1) is 9.47. The van der Waals surface area contributed by atoms with Gasteiger partial charge in [-0.25, -0.2) is 4.39 Å². The molecule has 20 heavy (non-hydrogen) atoms. The third kappa shape index (κ3) is 3.18. The normalized spacial score (nSPS) is 18.5. The van der Waals surface area contributed by atoms with Gasteiger partial charge in [-0.1, -0.05) is 6.07 Å². The lowest BCUT2D eigenvalue weighted by Gasteiger charge is -2.11. The van der Waals surface area contributed by atoms with E-state index in [2.05, 4.69) is 10.6 Å². The molecule has 106 valence electrons. The zero-order chi connectivity index (χ0) is 14.7. The first-order valence-corrected chi connectivity index (χ1v) is 6.06. The molecule has 0 aromatic heterocycles. The molecule has 0 aliphatic carbocycles. The Morgan fingerprint density at radius 3 is 2.80 bits per heavy atom. The van der Waals surface area contributed by atoms with Crippen molar-refractivity contribution < 1.29 is 18.8 Å². The smallest absolute Gasteiger partial charge is 0.246 e. The summed E-state index contributed by atoms with van der Waals surface area (Å²) in [4.78, 5) is 35.6. The number of likely N-dealkylation sites (N-methyl/N-ethyl adjacent to an activating group) is 1. The van der Waals surface area contributed by atoms with Gasteiger partial charge in [-0.05, 0) is 18.2 Å². The lowest BCUT2D eigenvalue weighted by atomic mass is 10.2. The van der Waals surface area contributed by atoms with Crippen molar-refractivity contribution in [2.24, 2.45) is 0 Å². The van der Waals surface area contributed by atoms with Crippen LogP contribution in [0.3, 0.4) is 0 Å². The van der Waals surface area contributed by atoms with Gasteiger partial charge in [-0.15, -0.1) is 0 Å². The van der Waals surface area contributed by atoms with E-state index in [4.69, 9.17) is 0 Å². The van der Waals surface area contributed by atoms with Crippen LogP contribution >= 0.6 is 0 Å². The van der Waals surface area contributed by atoms with Crippen LogP contribution in [-0.4, -0.2) is 42.3 Å². The number of nitrogens with zero attached hydrogens (tertiary/aromatic N) is 1. The highest BCUT2D eigenvalue weighted by molar-refractivity contribution is 6.05. The molecule has 1 aromatic carbocycles. The molecule has 2 N–H and O–H groups in total. The minimum Gasteiger partial charge on any atom is -0.325 e. The first-order valence-electron chi connectivity index (χ1n) is 6.06. The number of halogens is 1. The molecule has 6 nitrogen and oxygen atoms in total. The van der Waals surface area contributed by atoms with Crippen molar-refractivity contribution in [1.82, 2.24) is 10.2 Å². The number of carbonyl (C=O) groups excluding carboxylic acids is 3. The van der Waals surface area contributed by atoms with Gasteiger partial charge in [-0.2, -0.15) is 0 Å². The van der Waals surface area contributed by atoms with Gasteiger partial charge in [0.05, 0.1) is 19.0 Å². The summed E-state index contributed by atoms with van der Waals surface area (Å²) in [6.45, 7) is -0.131. The van der Waals surface area contributed by atoms with Gasteiger partial charge in [0.2, 0.25) is 17.7 Å². The van der Waals surface area contributed by atoms with E-state index in [0.29, 0.717) is 5.69 Å². The Balaban J connectivity index is 1.84. The topological polar surface area (TPSA) is 78.5 Å². The fraction of sp³-hybridized carbons (Fsp3) is 0.308. The molecule has 1 heterocycles. The van der Waals surface area contributed by atoms with Crippen LogP contribution in [0.4, 0.5) is 10.1 Å². The number of imide groups is 1. The Hall–Kier alpha value is -2.28. The highest BCUT2D eigenvalue weighted by atomic mass is 19.1. The highest BCUT2D eigenvalue weighted by Gasteiger charge is 2.35. The summed E-state index contributed by atoms with van der Waals surface area (Å²) in [6.07, 6.45) is 0.0442. The molecular formula is C13H14FN3O3. The second-order valence-electron chi connectivity index (χ2n) is 4.49. The van der Waals surface area contributed by atoms with Crippen LogP contribution in [0, 0.1) is 5.82 Å². The van der Waals surface area contributed by atoms with E-state index in [1.165, 1.54) is 25.2 Å². The predicted molar refractivity (Wildman–Crippen MR) is 69.2 cm³/mol. The summed E-state index contributed by atoms with van der Waals surface area (Å²) in [5.41, 5.74) is 0.336. The van der Waals surface area contributed by atoms with Crippen LogP contribution < -0.4 is 10.6 Å². The molecule has 0 radical (unpaired) electrons. The second-order valence-corrected chi connectivity index (χ2v) is 4.49. The summed E-state index contributed by atoms with van der Waals surface area (Å²) < 4.78 is 12.9. The van der Waals surface area contributed by atoms with Gasteiger partial charge < -0.3 is 5.32 Å². The summed E-state index contributed by atoms with van der Waals surface area (Å²) in [5, 5.41) is 5.20. The molecule has 1 aromatic rings. The van der Waals surface area contributed by atoms with E-state index in [9.17, 15) is 18.8 Å². The number of rotatable bonds is 4. The molecule has 1 saturated heterocycles. The summed E-state index contributed by atoms with van der Waals surface area (Å²) in [7, 11) is 1.40. The zero-order valence-electron chi connectivity index (χ0n) is 10.9. The molecule has 1 fully saturated rings. The van der Waals surface area contributed by atoms with Crippen molar-refractivity contribution in [3.8, 4) is 0 Å². The lowest BCUT2D eigenvalue weighted by molar-refractivity contribution is -0.137. The maximum absolute atomic E-state index is 12.9. The van der Waals surface area contributed by atoms with E-state index in [-0.39, 0.29) is 24.8 Å². The molecule has 2 rings (SSSR count). The van der Waals surface area contributed by atoms with Crippen molar-refractivity contribution >= 4 is 23.4 Å². The largest absolute Gasteiger partial charge is 0.325 e. The SMILES string of the molecule is CN1C(=O)CC(NCC(=O)Nc2cccc(F)c2)C1=O. The molecule has 0 saturated carbocycles. The molecule has 7 heteroatoms. The fourth-order valence-electron chi connectivity index (χ4n) is 1.90. The van der Waals surface area contributed by atoms with Gasteiger partial charge in [0.1, 0.15) is 5.82 Å². The lowest BCUT2D eigenvalue weighted by Crippen LogP contribution is -2.41. The maximum Gasteiger partial charge on any atom is 0.246 e. The molecule has 3 amide bonds. The quantitative estimate of drug-likeness (QED) is 0.767. The molecule has 1 aliphatic heterocycles. The second kappa shape index (κ2) is 5.79. The minimum absolute atomic E-state index is 0.0442. The van der Waals surface area contributed by atoms with Crippen molar-refractivity contribution in [1.29, 1.82) is 0 Å². The average molecular weight is 279 g/mol. The number of hydrogen-bond donors (Lipinski definition) is 2. The Morgan fingerprint density at radius 1 is 1.45 bits per heavy atom. The van der Waals surface area contributed by atoms with Crippen LogP contribution in [0.5, 0.6) is 0 Å². The number of amides is 3. The Bertz CT molecular complexity index is 562. The molecule has 1 atom stereocenters. The van der Waals surface area contributed by atoms with E-state index in [1.807, 2.05) is 0 Å². The number of hydrogen-bond acceptors (Lipinski definition) is 4. The van der Waals surface area contributed by atoms with Crippen molar-refractivity contribution in [3.05, 3.63) is 30.1 Å². The standard InChI is InChI=1S/C13H14FN3O3/c1-17-12(19)6-10(13(17)20)15-7-11(18)16-9-4-2-3-8(14)5-9/h2-5,10,15H,6-7H2,1H3,(H,16,18). The Kier molecular flexibility index (Phi) is 4.09. The predicted octanol–water partition coefficient (Wildman–Crippen LogP) is 0.111. The minimum atomic E-state index is -0.675. The summed E-state index contributed by atoms with van der Waals surface area (Å²) in [6, 6.07) is 4.82. The van der Waals surface area contributed by atoms with E-state index >= 15 is 0 Å². The number of anilines is 1. The molecular weight excluding hydrogens is 265 g/mol. The number of benzene rings is 1. The maximum atomic E-state index is 12.9. The first kappa shape index (κ1) is 14.1. The van der Waals surface area contributed by atoms with Gasteiger partial charge in [-0.3, -0.25) is 24.6 Å². The van der Waals surface area contributed by atoms with Crippen molar-refractivity contribution in [2.45, 2.75) is 12.5 Å². The molecule has 1 unspecified atom stereocenters. The Labute approximate surface area is 114 Å². The average Bonchev–Trinajstić information content (AvgIpc) is 2.64. The highest BCUT2D eigenvalue weighted by Crippen LogP contribution is 2.11. The summed E-state index contributed by atoms with van der Waals surface area (Å²) >= 11 is 0. The molecule has 0 spiro atoms. The van der Waals surface area contributed by atoms with Gasteiger partial charge >= 0.3 is 0 Å². The van der Waals surface area contributed by atoms with Crippen LogP contribution in [0.2, 0.25) is 0 Å². The monoisotopic (exact) mass is 279 g/mol. The number of likely N-dealkylation sites (tertiary alicyclic amines) is 1. The van der Waals surface area contributed by atoms with Crippen molar-refractivity contribution in [2.75, 3.05) is 18.9 Å². The van der Waals surface area contributed by atoms with Gasteiger partial charge in [0.15, 0.2) is 0 Å². The molecule has 1 aliphatic rings. The van der Waals surface area contributed by atoms with E-state index in [1.54, 1.807) is 6.07 Å². The van der Waals surface area contributed by atoms with Crippen molar-refractivity contribution in [3.63, 3.8) is 0 Å². The van der Waals surface area contributed by atoms with E-state index < -0.39 is 17.8 Å². The van der Waals surface area contributed by atoms with Crippen LogP contribution in [0.15, 0.2) is 24.3 Å². The van der Waals surface area contributed by atoms with Crippen LogP contribution in [-0.2, 0) is 14.4 Å². The van der Waals surface area contributed by atoms with Crippen LogP contribution in [0.25, 0.3) is 0 Å².